The highest BCUT2D eigenvalue weighted by Crippen LogP contribution is 2.22. The maximum atomic E-state index is 12.1. The minimum atomic E-state index is -0.606. The predicted octanol–water partition coefficient (Wildman–Crippen LogP) is 3.12. The molecule has 0 atom stereocenters. The van der Waals surface area contributed by atoms with Crippen molar-refractivity contribution in [1.82, 2.24) is 0 Å². The molecule has 3 amide bonds. The molecule has 1 aromatic heterocycles. The van der Waals surface area contributed by atoms with Gasteiger partial charge in [0.05, 0.1) is 5.56 Å². The summed E-state index contributed by atoms with van der Waals surface area (Å²) in [5.74, 6) is -0.763. The van der Waals surface area contributed by atoms with E-state index in [1.165, 1.54) is 11.3 Å². The fourth-order valence-electron chi connectivity index (χ4n) is 2.34. The first-order valence-electron chi connectivity index (χ1n) is 8.29. The van der Waals surface area contributed by atoms with Crippen LogP contribution in [0, 0.1) is 0 Å². The number of amides is 3. The molecule has 8 heteroatoms. The Morgan fingerprint density at radius 3 is 2.32 bits per heavy atom. The Kier molecular flexibility index (Phi) is 6.03. The molecule has 0 fully saturated rings. The van der Waals surface area contributed by atoms with Crippen molar-refractivity contribution in [2.45, 2.75) is 0 Å². The molecule has 0 spiro atoms. The van der Waals surface area contributed by atoms with Gasteiger partial charge in [-0.15, -0.1) is 11.3 Å². The maximum absolute atomic E-state index is 12.1. The lowest BCUT2D eigenvalue weighted by Crippen LogP contribution is -2.21. The van der Waals surface area contributed by atoms with Crippen molar-refractivity contribution in [3.05, 3.63) is 77.2 Å². The summed E-state index contributed by atoms with van der Waals surface area (Å²) in [6.07, 6.45) is 0. The average molecular weight is 395 g/mol. The van der Waals surface area contributed by atoms with Gasteiger partial charge in [-0.3, -0.25) is 14.4 Å². The van der Waals surface area contributed by atoms with Gasteiger partial charge in [0.25, 0.3) is 17.7 Å². The van der Waals surface area contributed by atoms with Crippen LogP contribution in [0.5, 0.6) is 5.75 Å². The Bertz CT molecular complexity index is 984. The van der Waals surface area contributed by atoms with Gasteiger partial charge in [0, 0.05) is 11.3 Å². The number of primary amides is 1. The van der Waals surface area contributed by atoms with Crippen LogP contribution >= 0.6 is 11.3 Å². The summed E-state index contributed by atoms with van der Waals surface area (Å²) >= 11 is 1.21. The molecule has 0 bridgehead atoms. The number of nitrogens with one attached hydrogen (secondary N) is 2. The second-order valence-corrected chi connectivity index (χ2v) is 6.63. The van der Waals surface area contributed by atoms with E-state index >= 15 is 0 Å². The SMILES string of the molecule is NC(=O)c1ccsc1NC(=O)COc1ccc(NC(=O)c2ccccc2)cc1. The number of benzene rings is 2. The monoisotopic (exact) mass is 395 g/mol. The lowest BCUT2D eigenvalue weighted by molar-refractivity contribution is -0.118. The number of carbonyl (C=O) groups is 3. The van der Waals surface area contributed by atoms with Crippen LogP contribution in [0.3, 0.4) is 0 Å². The van der Waals surface area contributed by atoms with E-state index in [9.17, 15) is 14.4 Å². The molecule has 0 saturated heterocycles. The highest BCUT2D eigenvalue weighted by Gasteiger charge is 2.13. The first-order chi connectivity index (χ1) is 13.5. The first-order valence-corrected chi connectivity index (χ1v) is 9.17. The summed E-state index contributed by atoms with van der Waals surface area (Å²) in [5, 5.41) is 7.43. The van der Waals surface area contributed by atoms with Crippen LogP contribution < -0.4 is 21.1 Å². The number of hydrogen-bond donors (Lipinski definition) is 3. The van der Waals surface area contributed by atoms with Gasteiger partial charge < -0.3 is 21.1 Å². The molecule has 0 radical (unpaired) electrons. The van der Waals surface area contributed by atoms with Gasteiger partial charge in [0.2, 0.25) is 0 Å². The number of anilines is 2. The van der Waals surface area contributed by atoms with Gasteiger partial charge in [-0.25, -0.2) is 0 Å². The van der Waals surface area contributed by atoms with Gasteiger partial charge in [0.1, 0.15) is 10.8 Å². The quantitative estimate of drug-likeness (QED) is 0.571. The topological polar surface area (TPSA) is 111 Å². The van der Waals surface area contributed by atoms with E-state index in [2.05, 4.69) is 10.6 Å². The molecule has 28 heavy (non-hydrogen) atoms. The molecule has 4 N–H and O–H groups in total. The zero-order chi connectivity index (χ0) is 19.9. The van der Waals surface area contributed by atoms with Gasteiger partial charge in [-0.05, 0) is 47.8 Å². The third-order valence-electron chi connectivity index (χ3n) is 3.70. The summed E-state index contributed by atoms with van der Waals surface area (Å²) in [6.45, 7) is -0.230. The van der Waals surface area contributed by atoms with Gasteiger partial charge in [-0.1, -0.05) is 18.2 Å². The lowest BCUT2D eigenvalue weighted by atomic mass is 10.2. The molecule has 2 aromatic carbocycles. The van der Waals surface area contributed by atoms with Crippen molar-refractivity contribution < 1.29 is 19.1 Å². The molecule has 0 aliphatic carbocycles. The molecular weight excluding hydrogens is 378 g/mol. The molecule has 7 nitrogen and oxygen atoms in total. The van der Waals surface area contributed by atoms with Crippen LogP contribution in [0.4, 0.5) is 10.7 Å². The Labute approximate surface area is 165 Å². The van der Waals surface area contributed by atoms with E-state index in [1.54, 1.807) is 60.0 Å². The van der Waals surface area contributed by atoms with Crippen LogP contribution in [0.25, 0.3) is 0 Å². The third kappa shape index (κ3) is 4.95. The van der Waals surface area contributed by atoms with E-state index in [0.717, 1.165) is 0 Å². The number of carbonyl (C=O) groups excluding carboxylic acids is 3. The largest absolute Gasteiger partial charge is 0.484 e. The number of ether oxygens (including phenoxy) is 1. The van der Waals surface area contributed by atoms with Gasteiger partial charge >= 0.3 is 0 Å². The molecule has 0 unspecified atom stereocenters. The lowest BCUT2D eigenvalue weighted by Gasteiger charge is -2.09. The standard InChI is InChI=1S/C20H17N3O4S/c21-18(25)16-10-11-28-20(16)23-17(24)12-27-15-8-6-14(7-9-15)22-19(26)13-4-2-1-3-5-13/h1-11H,12H2,(H2,21,25)(H,22,26)(H,23,24). The first kappa shape index (κ1) is 19.1. The molecular formula is C20H17N3O4S. The molecule has 3 rings (SSSR count). The van der Waals surface area contributed by atoms with Crippen LogP contribution in [-0.4, -0.2) is 24.3 Å². The second-order valence-electron chi connectivity index (χ2n) is 5.71. The van der Waals surface area contributed by atoms with Crippen molar-refractivity contribution in [2.24, 2.45) is 5.73 Å². The molecule has 1 heterocycles. The second kappa shape index (κ2) is 8.83. The zero-order valence-electron chi connectivity index (χ0n) is 14.7. The summed E-state index contributed by atoms with van der Waals surface area (Å²) in [7, 11) is 0. The van der Waals surface area contributed by atoms with Crippen molar-refractivity contribution in [2.75, 3.05) is 17.2 Å². The van der Waals surface area contributed by atoms with E-state index in [4.69, 9.17) is 10.5 Å². The Balaban J connectivity index is 1.51. The minimum Gasteiger partial charge on any atom is -0.484 e. The molecule has 142 valence electrons. The fourth-order valence-corrected chi connectivity index (χ4v) is 3.15. The zero-order valence-corrected chi connectivity index (χ0v) is 15.5. The summed E-state index contributed by atoms with van der Waals surface area (Å²) in [5.41, 5.74) is 6.67. The van der Waals surface area contributed by atoms with Crippen molar-refractivity contribution in [3.63, 3.8) is 0 Å². The molecule has 0 aliphatic rings. The Morgan fingerprint density at radius 1 is 0.929 bits per heavy atom. The van der Waals surface area contributed by atoms with Crippen molar-refractivity contribution >= 4 is 39.7 Å². The fraction of sp³-hybridized carbons (Fsp3) is 0.0500. The third-order valence-corrected chi connectivity index (χ3v) is 4.53. The molecule has 0 saturated carbocycles. The highest BCUT2D eigenvalue weighted by molar-refractivity contribution is 7.14. The summed E-state index contributed by atoms with van der Waals surface area (Å²) < 4.78 is 5.43. The number of thiophene rings is 1. The van der Waals surface area contributed by atoms with Crippen LogP contribution in [0.2, 0.25) is 0 Å². The predicted molar refractivity (Wildman–Crippen MR) is 108 cm³/mol. The van der Waals surface area contributed by atoms with E-state index < -0.39 is 11.8 Å². The van der Waals surface area contributed by atoms with Gasteiger partial charge in [-0.2, -0.15) is 0 Å². The molecule has 3 aromatic rings. The van der Waals surface area contributed by atoms with Crippen molar-refractivity contribution in [1.29, 1.82) is 0 Å². The number of rotatable bonds is 7. The Morgan fingerprint density at radius 2 is 1.64 bits per heavy atom. The van der Waals surface area contributed by atoms with Crippen LogP contribution in [0.1, 0.15) is 20.7 Å². The highest BCUT2D eigenvalue weighted by atomic mass is 32.1. The normalized spacial score (nSPS) is 10.1. The average Bonchev–Trinajstić information content (AvgIpc) is 3.16. The van der Waals surface area contributed by atoms with E-state index in [0.29, 0.717) is 22.0 Å². The number of hydrogen-bond acceptors (Lipinski definition) is 5. The molecule has 0 aliphatic heterocycles. The van der Waals surface area contributed by atoms with E-state index in [-0.39, 0.29) is 18.1 Å². The summed E-state index contributed by atoms with van der Waals surface area (Å²) in [6, 6.07) is 17.1. The maximum Gasteiger partial charge on any atom is 0.262 e. The number of nitrogens with two attached hydrogens (primary N) is 1. The van der Waals surface area contributed by atoms with Gasteiger partial charge in [0.15, 0.2) is 6.61 Å². The minimum absolute atomic E-state index is 0.213. The van der Waals surface area contributed by atoms with E-state index in [1.807, 2.05) is 6.07 Å². The van der Waals surface area contributed by atoms with Crippen LogP contribution in [0.15, 0.2) is 66.0 Å². The van der Waals surface area contributed by atoms with Crippen LogP contribution in [-0.2, 0) is 4.79 Å². The smallest absolute Gasteiger partial charge is 0.262 e. The Hall–Kier alpha value is -3.65. The van der Waals surface area contributed by atoms with Crippen molar-refractivity contribution in [3.8, 4) is 5.75 Å². The summed E-state index contributed by atoms with van der Waals surface area (Å²) in [4.78, 5) is 35.4.